The number of carbonyl (C=O) groups is 5. The van der Waals surface area contributed by atoms with E-state index in [0.29, 0.717) is 21.7 Å². The van der Waals surface area contributed by atoms with Gasteiger partial charge in [0.2, 0.25) is 17.7 Å². The molecule has 16 nitrogen and oxygen atoms in total. The van der Waals surface area contributed by atoms with Gasteiger partial charge in [0.15, 0.2) is 11.6 Å². The van der Waals surface area contributed by atoms with Crippen molar-refractivity contribution in [3.8, 4) is 17.4 Å². The molecule has 2 saturated carbocycles. The number of hydrogen-bond acceptors (Lipinski definition) is 12. The van der Waals surface area contributed by atoms with Crippen LogP contribution in [0.25, 0.3) is 21.7 Å². The van der Waals surface area contributed by atoms with Crippen LogP contribution >= 0.6 is 11.3 Å². The third-order valence-electron chi connectivity index (χ3n) is 10.3. The molecule has 0 spiro atoms. The van der Waals surface area contributed by atoms with Crippen LogP contribution in [0.5, 0.6) is 5.88 Å². The fourth-order valence-corrected chi connectivity index (χ4v) is 7.98. The number of nitrogens with one attached hydrogen (secondary N) is 4. The van der Waals surface area contributed by atoms with Crippen molar-refractivity contribution in [2.75, 3.05) is 6.54 Å². The summed E-state index contributed by atoms with van der Waals surface area (Å²) >= 11 is 1.39. The van der Waals surface area contributed by atoms with Crippen LogP contribution in [-0.4, -0.2) is 85.9 Å². The van der Waals surface area contributed by atoms with Gasteiger partial charge in [-0.2, -0.15) is 4.98 Å². The van der Waals surface area contributed by atoms with Crippen LogP contribution in [0.4, 0.5) is 4.79 Å². The van der Waals surface area contributed by atoms with Crippen LogP contribution in [0.3, 0.4) is 0 Å². The summed E-state index contributed by atoms with van der Waals surface area (Å²) in [5.74, 6) is -2.37. The van der Waals surface area contributed by atoms with Gasteiger partial charge in [0.05, 0.1) is 18.3 Å². The number of nitrogens with zero attached hydrogens (tertiary/aromatic N) is 4. The van der Waals surface area contributed by atoms with E-state index >= 15 is 0 Å². The number of hydrogen-bond donors (Lipinski definition) is 4. The molecule has 17 heteroatoms. The highest BCUT2D eigenvalue weighted by Crippen LogP contribution is 2.45. The summed E-state index contributed by atoms with van der Waals surface area (Å²) < 4.78 is 18.0. The lowest BCUT2D eigenvalue weighted by molar-refractivity contribution is -0.143. The molecule has 4 N–H and O–H groups in total. The molecule has 4 aromatic heterocycles. The van der Waals surface area contributed by atoms with Gasteiger partial charge < -0.3 is 29.4 Å². The summed E-state index contributed by atoms with van der Waals surface area (Å²) in [6.07, 6.45) is 6.51. The Hall–Kier alpha value is -5.84. The van der Waals surface area contributed by atoms with E-state index in [1.165, 1.54) is 34.6 Å². The average molecular weight is 785 g/mol. The fourth-order valence-electron chi connectivity index (χ4n) is 7.21. The molecule has 3 fully saturated rings. The summed E-state index contributed by atoms with van der Waals surface area (Å²) in [5.41, 5.74) is 3.64. The Morgan fingerprint density at radius 2 is 1.86 bits per heavy atom. The molecule has 294 valence electrons. The zero-order valence-electron chi connectivity index (χ0n) is 31.3. The van der Waals surface area contributed by atoms with Gasteiger partial charge in [-0.1, -0.05) is 32.9 Å². The summed E-state index contributed by atoms with van der Waals surface area (Å²) in [6.45, 7) is 9.22. The molecular formula is C39H44N8O8S. The molecule has 1 saturated heterocycles. The maximum absolute atomic E-state index is 14.6. The van der Waals surface area contributed by atoms with E-state index in [-0.39, 0.29) is 37.1 Å². The van der Waals surface area contributed by atoms with Crippen molar-refractivity contribution < 1.29 is 37.9 Å². The molecule has 5 heterocycles. The Morgan fingerprint density at radius 3 is 2.54 bits per heavy atom. The zero-order valence-corrected chi connectivity index (χ0v) is 32.1. The van der Waals surface area contributed by atoms with Crippen molar-refractivity contribution in [1.82, 2.24) is 41.3 Å². The van der Waals surface area contributed by atoms with Crippen molar-refractivity contribution in [3.05, 3.63) is 72.7 Å². The molecule has 7 rings (SSSR count). The minimum atomic E-state index is -1.46. The van der Waals surface area contributed by atoms with Gasteiger partial charge in [-0.05, 0) is 73.2 Å². The summed E-state index contributed by atoms with van der Waals surface area (Å²) in [4.78, 5) is 83.4. The first-order valence-corrected chi connectivity index (χ1v) is 19.4. The number of amides is 5. The highest BCUT2D eigenvalue weighted by molar-refractivity contribution is 7.17. The minimum Gasteiger partial charge on any atom is -0.471 e. The SMILES string of the molecule is C=C[C@@H]1C[C@@]1(NC(=O)[C@@H]1C[C@@H](Oc2nc(-c3ccccn3)nc3ccsc23)CN1C(=O)[C@@H](NC(=O)OC1CCCC1)C(C)(C)C)C(=O)NNC(=O)c1ccco1. The van der Waals surface area contributed by atoms with Crippen molar-refractivity contribution in [1.29, 1.82) is 0 Å². The predicted molar refractivity (Wildman–Crippen MR) is 204 cm³/mol. The molecule has 5 atom stereocenters. The molecule has 5 amide bonds. The molecule has 0 unspecified atom stereocenters. The number of aromatic nitrogens is 3. The molecule has 0 bridgehead atoms. The highest BCUT2D eigenvalue weighted by Gasteiger charge is 2.61. The van der Waals surface area contributed by atoms with Crippen molar-refractivity contribution >= 4 is 51.3 Å². The largest absolute Gasteiger partial charge is 0.471 e. The number of fused-ring (bicyclic) bond motifs is 1. The van der Waals surface area contributed by atoms with Gasteiger partial charge in [-0.15, -0.1) is 17.9 Å². The van der Waals surface area contributed by atoms with Crippen LogP contribution in [0.15, 0.2) is 71.3 Å². The third-order valence-corrected chi connectivity index (χ3v) is 11.2. The summed E-state index contributed by atoms with van der Waals surface area (Å²) in [7, 11) is 0. The Kier molecular flexibility index (Phi) is 10.8. The number of carbonyl (C=O) groups excluding carboxylic acids is 5. The van der Waals surface area contributed by atoms with Gasteiger partial charge in [0.25, 0.3) is 5.91 Å². The van der Waals surface area contributed by atoms with Crippen molar-refractivity contribution in [2.45, 2.75) is 89.1 Å². The van der Waals surface area contributed by atoms with Crippen molar-refractivity contribution in [2.24, 2.45) is 11.3 Å². The Morgan fingerprint density at radius 1 is 1.05 bits per heavy atom. The molecule has 4 aromatic rings. The molecule has 2 aliphatic carbocycles. The van der Waals surface area contributed by atoms with Gasteiger partial charge in [0, 0.05) is 18.5 Å². The second-order valence-electron chi connectivity index (χ2n) is 15.3. The van der Waals surface area contributed by atoms with Crippen molar-refractivity contribution in [3.63, 3.8) is 0 Å². The lowest BCUT2D eigenvalue weighted by Gasteiger charge is -2.35. The average Bonchev–Trinajstić information content (AvgIpc) is 3.84. The van der Waals surface area contributed by atoms with Gasteiger partial charge in [0.1, 0.15) is 40.2 Å². The van der Waals surface area contributed by atoms with E-state index in [9.17, 15) is 24.0 Å². The number of thiophene rings is 1. The fraction of sp³-hybridized carbons (Fsp3) is 0.436. The first-order chi connectivity index (χ1) is 26.9. The highest BCUT2D eigenvalue weighted by atomic mass is 32.1. The Labute approximate surface area is 326 Å². The van der Waals surface area contributed by atoms with Crippen LogP contribution in [0.2, 0.25) is 0 Å². The second-order valence-corrected chi connectivity index (χ2v) is 16.2. The minimum absolute atomic E-state index is 0.0181. The van der Waals surface area contributed by atoms with Gasteiger partial charge in [-0.3, -0.25) is 35.0 Å². The first kappa shape index (κ1) is 38.4. The number of hydrazine groups is 1. The predicted octanol–water partition coefficient (Wildman–Crippen LogP) is 4.30. The monoisotopic (exact) mass is 784 g/mol. The zero-order chi connectivity index (χ0) is 39.6. The molecular weight excluding hydrogens is 741 g/mol. The molecule has 56 heavy (non-hydrogen) atoms. The van der Waals surface area contributed by atoms with E-state index in [1.807, 2.05) is 38.3 Å². The molecule has 0 radical (unpaired) electrons. The van der Waals surface area contributed by atoms with E-state index in [2.05, 4.69) is 38.0 Å². The van der Waals surface area contributed by atoms with Crippen LogP contribution < -0.4 is 26.2 Å². The molecule has 3 aliphatic rings. The number of pyridine rings is 1. The summed E-state index contributed by atoms with van der Waals surface area (Å²) in [6, 6.07) is 8.00. The van der Waals surface area contributed by atoms with Crippen LogP contribution in [0, 0.1) is 11.3 Å². The standard InChI is InChI=1S/C39H44N8O8S/c1-5-22-20-39(22,36(51)46-45-33(49)28-14-10-17-53-28)44-32(48)27-19-24(54-34-29-25(15-18-56-29)41-31(43-34)26-13-8-9-16-40-26)21-47(27)35(50)30(38(2,3)4)42-37(52)55-23-11-6-7-12-23/h5,8-10,13-18,22-24,27,30H,1,6-7,11-12,19-21H2,2-4H3,(H,42,52)(H,44,48)(H,45,49)(H,46,51)/t22-,24-,27+,30-,39+/m1/s1. The van der Waals surface area contributed by atoms with E-state index in [0.717, 1.165) is 25.7 Å². The second kappa shape index (κ2) is 15.7. The topological polar surface area (TPSA) is 207 Å². The number of ether oxygens (including phenoxy) is 2. The van der Waals surface area contributed by atoms with E-state index in [4.69, 9.17) is 18.9 Å². The molecule has 0 aromatic carbocycles. The lowest BCUT2D eigenvalue weighted by atomic mass is 9.85. The number of rotatable bonds is 11. The summed E-state index contributed by atoms with van der Waals surface area (Å²) in [5, 5.41) is 7.53. The Balaban J connectivity index is 1.15. The maximum Gasteiger partial charge on any atom is 0.408 e. The maximum atomic E-state index is 14.6. The normalized spacial score (nSPS) is 22.6. The smallest absolute Gasteiger partial charge is 0.408 e. The van der Waals surface area contributed by atoms with E-state index in [1.54, 1.807) is 24.4 Å². The quantitative estimate of drug-likeness (QED) is 0.125. The first-order valence-electron chi connectivity index (χ1n) is 18.6. The number of alkyl carbamates (subject to hydrolysis) is 1. The third kappa shape index (κ3) is 8.08. The van der Waals surface area contributed by atoms with Crippen LogP contribution in [-0.2, 0) is 19.1 Å². The Bertz CT molecular complexity index is 2110. The van der Waals surface area contributed by atoms with E-state index < -0.39 is 64.8 Å². The number of likely N-dealkylation sites (tertiary alicyclic amines) is 1. The van der Waals surface area contributed by atoms with Crippen LogP contribution in [0.1, 0.15) is 69.9 Å². The molecule has 1 aliphatic heterocycles. The number of furan rings is 1. The van der Waals surface area contributed by atoms with Gasteiger partial charge >= 0.3 is 12.0 Å². The lowest BCUT2D eigenvalue weighted by Crippen LogP contribution is -2.60. The van der Waals surface area contributed by atoms with Gasteiger partial charge in [-0.25, -0.2) is 9.78 Å².